The molecule has 0 fully saturated rings. The molecule has 0 radical (unpaired) electrons. The van der Waals surface area contributed by atoms with Gasteiger partial charge in [0.05, 0.1) is 35.8 Å². The lowest BCUT2D eigenvalue weighted by Gasteiger charge is -2.24. The molecule has 5 aromatic rings. The third-order valence-corrected chi connectivity index (χ3v) is 6.22. The Morgan fingerprint density at radius 2 is 2.03 bits per heavy atom. The van der Waals surface area contributed by atoms with Gasteiger partial charge in [0.15, 0.2) is 0 Å². The molecule has 9 nitrogen and oxygen atoms in total. The third kappa shape index (κ3) is 3.00. The normalized spacial score (nSPS) is 15.0. The van der Waals surface area contributed by atoms with Gasteiger partial charge in [-0.15, -0.1) is 0 Å². The standard InChI is InChI=1S/C24H21N7O2/c1-29-11-16(9-27-29)14-3-5-17-21(12-33-22(17)8-14)30(2)24(32)15-4-6-18-19(7-15)31-13-26-10-20(31)23(25)28-18/h3-11,13,21H,12H2,1-2H3,(H2,25,28). The molecule has 0 saturated heterocycles. The minimum Gasteiger partial charge on any atom is -0.491 e. The molecule has 1 amide bonds. The molecule has 0 saturated carbocycles. The molecule has 6 rings (SSSR count). The molecule has 3 aromatic heterocycles. The molecular weight excluding hydrogens is 418 g/mol. The van der Waals surface area contributed by atoms with Gasteiger partial charge in [0.2, 0.25) is 0 Å². The molecule has 0 bridgehead atoms. The van der Waals surface area contributed by atoms with Crippen molar-refractivity contribution in [3.05, 3.63) is 72.4 Å². The minimum absolute atomic E-state index is 0.0974. The smallest absolute Gasteiger partial charge is 0.254 e. The van der Waals surface area contributed by atoms with Gasteiger partial charge >= 0.3 is 0 Å². The second kappa shape index (κ2) is 7.06. The van der Waals surface area contributed by atoms with Crippen LogP contribution < -0.4 is 10.5 Å². The number of rotatable bonds is 3. The van der Waals surface area contributed by atoms with E-state index in [0.717, 1.165) is 28.0 Å². The quantitative estimate of drug-likeness (QED) is 0.463. The van der Waals surface area contributed by atoms with Gasteiger partial charge in [-0.3, -0.25) is 13.9 Å². The first-order valence-electron chi connectivity index (χ1n) is 10.5. The fourth-order valence-electron chi connectivity index (χ4n) is 4.42. The Bertz CT molecular complexity index is 1550. The Morgan fingerprint density at radius 3 is 2.85 bits per heavy atom. The number of carbonyl (C=O) groups is 1. The first kappa shape index (κ1) is 19.3. The number of aromatic nitrogens is 5. The molecular formula is C24H21N7O2. The van der Waals surface area contributed by atoms with Crippen LogP contribution in [-0.2, 0) is 7.05 Å². The predicted molar refractivity (Wildman–Crippen MR) is 124 cm³/mol. The highest BCUT2D eigenvalue weighted by Gasteiger charge is 2.31. The van der Waals surface area contributed by atoms with Gasteiger partial charge in [-0.1, -0.05) is 12.1 Å². The zero-order chi connectivity index (χ0) is 22.7. The van der Waals surface area contributed by atoms with Crippen molar-refractivity contribution in [2.24, 2.45) is 7.05 Å². The predicted octanol–water partition coefficient (Wildman–Crippen LogP) is 3.07. The van der Waals surface area contributed by atoms with Crippen LogP contribution in [0.4, 0.5) is 5.82 Å². The average molecular weight is 439 g/mol. The van der Waals surface area contributed by atoms with E-state index in [1.165, 1.54) is 0 Å². The Hall–Kier alpha value is -4.40. The Morgan fingerprint density at radius 1 is 1.15 bits per heavy atom. The highest BCUT2D eigenvalue weighted by Crippen LogP contribution is 2.39. The van der Waals surface area contributed by atoms with E-state index in [1.807, 2.05) is 54.2 Å². The number of benzene rings is 2. The number of anilines is 1. The van der Waals surface area contributed by atoms with Crippen molar-refractivity contribution in [1.29, 1.82) is 0 Å². The molecule has 2 N–H and O–H groups in total. The maximum atomic E-state index is 13.4. The number of carbonyl (C=O) groups excluding carboxylic acids is 1. The molecule has 164 valence electrons. The number of hydrogen-bond donors (Lipinski definition) is 1. The first-order valence-corrected chi connectivity index (χ1v) is 10.5. The molecule has 0 aliphatic carbocycles. The number of imidazole rings is 1. The molecule has 2 aromatic carbocycles. The topological polar surface area (TPSA) is 104 Å². The second-order valence-corrected chi connectivity index (χ2v) is 8.25. The van der Waals surface area contributed by atoms with Crippen molar-refractivity contribution in [3.63, 3.8) is 0 Å². The molecule has 1 atom stereocenters. The molecule has 1 unspecified atom stereocenters. The summed E-state index contributed by atoms with van der Waals surface area (Å²) in [5, 5.41) is 4.23. The highest BCUT2D eigenvalue weighted by molar-refractivity contribution is 5.98. The number of hydrogen-bond acceptors (Lipinski definition) is 6. The summed E-state index contributed by atoms with van der Waals surface area (Å²) in [5.41, 5.74) is 11.8. The van der Waals surface area contributed by atoms with Gasteiger partial charge < -0.3 is 15.4 Å². The van der Waals surface area contributed by atoms with Crippen LogP contribution in [0, 0.1) is 0 Å². The van der Waals surface area contributed by atoms with Crippen molar-refractivity contribution in [1.82, 2.24) is 29.0 Å². The lowest BCUT2D eigenvalue weighted by Crippen LogP contribution is -2.32. The van der Waals surface area contributed by atoms with Crippen molar-refractivity contribution < 1.29 is 9.53 Å². The summed E-state index contributed by atoms with van der Waals surface area (Å²) in [5.74, 6) is 1.10. The zero-order valence-corrected chi connectivity index (χ0v) is 18.1. The van der Waals surface area contributed by atoms with Crippen molar-refractivity contribution in [2.45, 2.75) is 6.04 Å². The number of likely N-dealkylation sites (N-methyl/N-ethyl adjacent to an activating group) is 1. The van der Waals surface area contributed by atoms with Crippen LogP contribution in [-0.4, -0.2) is 48.6 Å². The lowest BCUT2D eigenvalue weighted by atomic mass is 10.0. The zero-order valence-electron chi connectivity index (χ0n) is 18.1. The van der Waals surface area contributed by atoms with Crippen LogP contribution in [0.1, 0.15) is 22.0 Å². The van der Waals surface area contributed by atoms with E-state index in [4.69, 9.17) is 10.5 Å². The molecule has 1 aliphatic rings. The van der Waals surface area contributed by atoms with Gasteiger partial charge in [-0.2, -0.15) is 5.10 Å². The van der Waals surface area contributed by atoms with Crippen molar-refractivity contribution in [3.8, 4) is 16.9 Å². The van der Waals surface area contributed by atoms with Gasteiger partial charge in [0.25, 0.3) is 5.91 Å². The number of nitrogens with zero attached hydrogens (tertiary/aromatic N) is 6. The maximum Gasteiger partial charge on any atom is 0.254 e. The fraction of sp³-hybridized carbons (Fsp3) is 0.167. The monoisotopic (exact) mass is 439 g/mol. The van der Waals surface area contributed by atoms with E-state index in [1.54, 1.807) is 35.2 Å². The number of fused-ring (bicyclic) bond motifs is 4. The average Bonchev–Trinajstić information content (AvgIpc) is 3.57. The Balaban J connectivity index is 1.32. The van der Waals surface area contributed by atoms with E-state index in [9.17, 15) is 4.79 Å². The number of nitrogens with two attached hydrogens (primary N) is 1. The Kier molecular flexibility index (Phi) is 4.13. The van der Waals surface area contributed by atoms with E-state index < -0.39 is 0 Å². The molecule has 33 heavy (non-hydrogen) atoms. The number of amides is 1. The van der Waals surface area contributed by atoms with E-state index in [-0.39, 0.29) is 11.9 Å². The summed E-state index contributed by atoms with van der Waals surface area (Å²) in [4.78, 5) is 23.7. The van der Waals surface area contributed by atoms with E-state index >= 15 is 0 Å². The van der Waals surface area contributed by atoms with Gasteiger partial charge in [0.1, 0.15) is 23.7 Å². The summed E-state index contributed by atoms with van der Waals surface area (Å²) in [6, 6.07) is 11.3. The summed E-state index contributed by atoms with van der Waals surface area (Å²) in [6.07, 6.45) is 7.12. The van der Waals surface area contributed by atoms with Gasteiger partial charge in [-0.25, -0.2) is 9.97 Å². The van der Waals surface area contributed by atoms with Gasteiger partial charge in [-0.05, 0) is 29.8 Å². The van der Waals surface area contributed by atoms with Crippen LogP contribution in [0.25, 0.3) is 27.7 Å². The first-order chi connectivity index (χ1) is 16.0. The van der Waals surface area contributed by atoms with Gasteiger partial charge in [0, 0.05) is 37.0 Å². The van der Waals surface area contributed by atoms with Crippen LogP contribution >= 0.6 is 0 Å². The molecule has 4 heterocycles. The van der Waals surface area contributed by atoms with Crippen molar-refractivity contribution in [2.75, 3.05) is 19.4 Å². The van der Waals surface area contributed by atoms with E-state index in [0.29, 0.717) is 29.0 Å². The molecule has 9 heteroatoms. The number of nitrogen functional groups attached to an aromatic ring is 1. The molecule has 0 spiro atoms. The van der Waals surface area contributed by atoms with Crippen LogP contribution in [0.2, 0.25) is 0 Å². The summed E-state index contributed by atoms with van der Waals surface area (Å²) >= 11 is 0. The summed E-state index contributed by atoms with van der Waals surface area (Å²) in [7, 11) is 3.69. The number of aryl methyl sites for hydroxylation is 1. The Labute approximate surface area is 189 Å². The van der Waals surface area contributed by atoms with Crippen LogP contribution in [0.5, 0.6) is 5.75 Å². The fourth-order valence-corrected chi connectivity index (χ4v) is 4.42. The van der Waals surface area contributed by atoms with E-state index in [2.05, 4.69) is 15.1 Å². The SMILES string of the molecule is CN(C(=O)c1ccc2nc(N)c3cncn3c2c1)C1COc2cc(-c3cnn(C)c3)ccc21. The third-order valence-electron chi connectivity index (χ3n) is 6.22. The molecule has 1 aliphatic heterocycles. The summed E-state index contributed by atoms with van der Waals surface area (Å²) < 4.78 is 9.58. The van der Waals surface area contributed by atoms with Crippen molar-refractivity contribution >= 4 is 28.3 Å². The minimum atomic E-state index is -0.177. The lowest BCUT2D eigenvalue weighted by molar-refractivity contribution is 0.0708. The summed E-state index contributed by atoms with van der Waals surface area (Å²) in [6.45, 7) is 0.408. The van der Waals surface area contributed by atoms with Crippen LogP contribution in [0.3, 0.4) is 0 Å². The largest absolute Gasteiger partial charge is 0.491 e. The second-order valence-electron chi connectivity index (χ2n) is 8.25. The highest BCUT2D eigenvalue weighted by atomic mass is 16.5. The number of ether oxygens (including phenoxy) is 1. The maximum absolute atomic E-state index is 13.4. The van der Waals surface area contributed by atoms with Crippen LogP contribution in [0.15, 0.2) is 61.3 Å².